The molecule has 0 saturated heterocycles. The quantitative estimate of drug-likeness (QED) is 0.343. The van der Waals surface area contributed by atoms with Gasteiger partial charge in [0.1, 0.15) is 0 Å². The molecule has 1 aromatic carbocycles. The fourth-order valence-electron chi connectivity index (χ4n) is 6.64. The number of carboxylic acid groups (broad SMARTS) is 1. The number of rotatable bonds is 7. The number of carbonyl (C=O) groups is 3. The van der Waals surface area contributed by atoms with Gasteiger partial charge < -0.3 is 10.0 Å². The lowest BCUT2D eigenvalue weighted by atomic mass is 9.74. The molecule has 1 N–H and O–H groups in total. The second-order valence-electron chi connectivity index (χ2n) is 11.7. The Bertz CT molecular complexity index is 1320. The smallest absolute Gasteiger partial charge is 0.433 e. The van der Waals surface area contributed by atoms with E-state index in [1.54, 1.807) is 13.0 Å². The average molecular weight is 600 g/mol. The van der Waals surface area contributed by atoms with Crippen LogP contribution in [0.2, 0.25) is 10.0 Å². The van der Waals surface area contributed by atoms with Crippen LogP contribution in [0.15, 0.2) is 24.4 Å². The van der Waals surface area contributed by atoms with Crippen LogP contribution >= 0.6 is 23.2 Å². The van der Waals surface area contributed by atoms with Gasteiger partial charge in [-0.1, -0.05) is 42.1 Å². The number of nitrogens with zero attached hydrogens (tertiary/aromatic N) is 3. The van der Waals surface area contributed by atoms with Gasteiger partial charge in [0.05, 0.1) is 45.4 Å². The Morgan fingerprint density at radius 1 is 1.10 bits per heavy atom. The van der Waals surface area contributed by atoms with E-state index in [0.29, 0.717) is 6.42 Å². The first-order valence-corrected chi connectivity index (χ1v) is 14.2. The number of aliphatic carboxylic acids is 1. The number of benzene rings is 1. The molecule has 1 amide bonds. The highest BCUT2D eigenvalue weighted by Crippen LogP contribution is 2.60. The number of hydrogen-bond donors (Lipinski definition) is 1. The number of amides is 1. The molecular formula is C28H30Cl2F3N3O4. The topological polar surface area (TPSA) is 92.5 Å². The predicted molar refractivity (Wildman–Crippen MR) is 142 cm³/mol. The van der Waals surface area contributed by atoms with Crippen molar-refractivity contribution in [2.24, 2.45) is 10.8 Å². The van der Waals surface area contributed by atoms with E-state index in [0.717, 1.165) is 36.6 Å². The number of aromatic nitrogens is 2. The maximum absolute atomic E-state index is 14.5. The van der Waals surface area contributed by atoms with Crippen LogP contribution in [-0.2, 0) is 11.0 Å². The van der Waals surface area contributed by atoms with Gasteiger partial charge in [0.2, 0.25) is 0 Å². The number of ketones is 1. The summed E-state index contributed by atoms with van der Waals surface area (Å²) in [6, 6.07) is 3.49. The van der Waals surface area contributed by atoms with Gasteiger partial charge in [0.15, 0.2) is 11.5 Å². The second kappa shape index (κ2) is 10.4. The zero-order chi connectivity index (χ0) is 29.0. The van der Waals surface area contributed by atoms with Gasteiger partial charge in [-0.15, -0.1) is 0 Å². The maximum Gasteiger partial charge on any atom is 0.433 e. The molecule has 0 radical (unpaired) electrons. The summed E-state index contributed by atoms with van der Waals surface area (Å²) in [5.74, 6) is -2.44. The standard InChI is InChI=1S/C28H30Cl2F3N3O4/c1-26(25(39)40)11-7-16(8-12-26)36-23(28(31,32)33)17(14-34-36)24(38)35(21-13-27(21)9-2-3-10-27)15-20(37)22-18(29)5-4-6-19(22)30/h4-6,14,16,21H,2-3,7-13,15H2,1H3,(H,39,40)/t16-,21-,26-/m1/s1. The third kappa shape index (κ3) is 5.13. The summed E-state index contributed by atoms with van der Waals surface area (Å²) >= 11 is 12.5. The highest BCUT2D eigenvalue weighted by Gasteiger charge is 2.59. The molecule has 216 valence electrons. The summed E-state index contributed by atoms with van der Waals surface area (Å²) < 4.78 is 44.4. The molecule has 7 nitrogen and oxygen atoms in total. The van der Waals surface area contributed by atoms with Crippen molar-refractivity contribution >= 4 is 40.9 Å². The van der Waals surface area contributed by atoms with Gasteiger partial charge in [-0.2, -0.15) is 18.3 Å². The highest BCUT2D eigenvalue weighted by molar-refractivity contribution is 6.40. The van der Waals surface area contributed by atoms with Crippen molar-refractivity contribution in [3.8, 4) is 0 Å². The van der Waals surface area contributed by atoms with E-state index < -0.39 is 53.1 Å². The molecule has 5 rings (SSSR count). The summed E-state index contributed by atoms with van der Waals surface area (Å²) in [5, 5.41) is 13.7. The fourth-order valence-corrected chi connectivity index (χ4v) is 7.24. The van der Waals surface area contributed by atoms with E-state index in [-0.39, 0.29) is 52.7 Å². The molecule has 40 heavy (non-hydrogen) atoms. The molecule has 1 atom stereocenters. The Morgan fingerprint density at radius 2 is 1.70 bits per heavy atom. The molecule has 3 aliphatic rings. The minimum absolute atomic E-state index is 0.0279. The number of halogens is 5. The molecule has 0 aliphatic heterocycles. The van der Waals surface area contributed by atoms with Crippen LogP contribution in [0.3, 0.4) is 0 Å². The summed E-state index contributed by atoms with van der Waals surface area (Å²) in [6.45, 7) is 1.13. The van der Waals surface area contributed by atoms with Gasteiger partial charge in [-0.05, 0) is 69.4 Å². The van der Waals surface area contributed by atoms with Crippen molar-refractivity contribution in [2.45, 2.75) is 83.0 Å². The average Bonchev–Trinajstić information content (AvgIpc) is 3.19. The molecule has 3 aliphatic carbocycles. The van der Waals surface area contributed by atoms with Gasteiger partial charge >= 0.3 is 12.1 Å². The minimum Gasteiger partial charge on any atom is -0.481 e. The van der Waals surface area contributed by atoms with Crippen LogP contribution in [0.1, 0.15) is 97.2 Å². The van der Waals surface area contributed by atoms with E-state index in [9.17, 15) is 32.7 Å². The zero-order valence-electron chi connectivity index (χ0n) is 21.9. The molecular weight excluding hydrogens is 570 g/mol. The fraction of sp³-hybridized carbons (Fsp3) is 0.571. The first kappa shape index (κ1) is 28.9. The van der Waals surface area contributed by atoms with E-state index >= 15 is 0 Å². The van der Waals surface area contributed by atoms with E-state index in [2.05, 4.69) is 5.10 Å². The molecule has 1 heterocycles. The summed E-state index contributed by atoms with van der Waals surface area (Å²) in [4.78, 5) is 40.2. The molecule has 2 aromatic rings. The molecule has 0 bridgehead atoms. The number of carbonyl (C=O) groups excluding carboxylic acids is 2. The normalized spacial score (nSPS) is 25.6. The van der Waals surface area contributed by atoms with Crippen LogP contribution in [0.4, 0.5) is 13.2 Å². The number of Topliss-reactive ketones (excluding diaryl/α,β-unsaturated/α-hetero) is 1. The van der Waals surface area contributed by atoms with E-state index in [1.807, 2.05) is 0 Å². The summed E-state index contributed by atoms with van der Waals surface area (Å²) in [7, 11) is 0. The lowest BCUT2D eigenvalue weighted by Crippen LogP contribution is -2.40. The van der Waals surface area contributed by atoms with E-state index in [1.165, 1.54) is 17.0 Å². The highest BCUT2D eigenvalue weighted by atomic mass is 35.5. The largest absolute Gasteiger partial charge is 0.481 e. The Hall–Kier alpha value is -2.59. The Morgan fingerprint density at radius 3 is 2.25 bits per heavy atom. The number of alkyl halides is 3. The van der Waals surface area contributed by atoms with E-state index in [4.69, 9.17) is 23.2 Å². The van der Waals surface area contributed by atoms with Gasteiger partial charge in [-0.25, -0.2) is 0 Å². The van der Waals surface area contributed by atoms with Crippen molar-refractivity contribution in [1.29, 1.82) is 0 Å². The number of carboxylic acids is 1. The second-order valence-corrected chi connectivity index (χ2v) is 12.5. The van der Waals surface area contributed by atoms with Crippen molar-refractivity contribution < 1.29 is 32.7 Å². The monoisotopic (exact) mass is 599 g/mol. The van der Waals surface area contributed by atoms with Crippen LogP contribution < -0.4 is 0 Å². The number of hydrogen-bond acceptors (Lipinski definition) is 4. The molecule has 3 saturated carbocycles. The first-order chi connectivity index (χ1) is 18.8. The molecule has 3 fully saturated rings. The third-order valence-corrected chi connectivity index (χ3v) is 9.78. The van der Waals surface area contributed by atoms with Crippen molar-refractivity contribution in [3.63, 3.8) is 0 Å². The summed E-state index contributed by atoms with van der Waals surface area (Å²) in [5.41, 5.74) is -2.97. The van der Waals surface area contributed by atoms with Crippen LogP contribution in [-0.4, -0.2) is 50.0 Å². The van der Waals surface area contributed by atoms with Gasteiger partial charge in [0, 0.05) is 6.04 Å². The van der Waals surface area contributed by atoms with Gasteiger partial charge in [-0.3, -0.25) is 19.1 Å². The lowest BCUT2D eigenvalue weighted by molar-refractivity contribution is -0.152. The van der Waals surface area contributed by atoms with Crippen LogP contribution in [0.5, 0.6) is 0 Å². The maximum atomic E-state index is 14.5. The lowest BCUT2D eigenvalue weighted by Gasteiger charge is -2.34. The SMILES string of the molecule is C[C@]1(C(=O)O)CC[C@H](n2ncc(C(=O)N(CC(=O)c3c(Cl)cccc3Cl)[C@@H]3CC34CCCC4)c2C(F)(F)F)CC1. The molecule has 1 aromatic heterocycles. The van der Waals surface area contributed by atoms with Crippen LogP contribution in [0.25, 0.3) is 0 Å². The Labute approximate surface area is 239 Å². The molecule has 0 unspecified atom stereocenters. The van der Waals surface area contributed by atoms with Gasteiger partial charge in [0.25, 0.3) is 5.91 Å². The third-order valence-electron chi connectivity index (χ3n) is 9.15. The summed E-state index contributed by atoms with van der Waals surface area (Å²) in [6.07, 6.45) is 1.02. The van der Waals surface area contributed by atoms with Crippen molar-refractivity contribution in [2.75, 3.05) is 6.54 Å². The Balaban J connectivity index is 1.48. The molecule has 1 spiro atoms. The van der Waals surface area contributed by atoms with Crippen LogP contribution in [0, 0.1) is 10.8 Å². The predicted octanol–water partition coefficient (Wildman–Crippen LogP) is 7.07. The Kier molecular flexibility index (Phi) is 7.48. The molecule has 12 heteroatoms. The van der Waals surface area contributed by atoms with Crippen molar-refractivity contribution in [3.05, 3.63) is 51.3 Å². The minimum atomic E-state index is -4.90. The first-order valence-electron chi connectivity index (χ1n) is 13.4. The van der Waals surface area contributed by atoms with Crippen molar-refractivity contribution in [1.82, 2.24) is 14.7 Å². The zero-order valence-corrected chi connectivity index (χ0v) is 23.5.